The van der Waals surface area contributed by atoms with Crippen LogP contribution >= 0.6 is 70.0 Å². The van der Waals surface area contributed by atoms with Gasteiger partial charge in [-0.05, 0) is 127 Å². The minimum atomic E-state index is -1.03. The van der Waals surface area contributed by atoms with E-state index in [0.717, 1.165) is 42.5 Å². The number of aliphatic carboxylic acids is 3. The minimum absolute atomic E-state index is 0.0422. The van der Waals surface area contributed by atoms with Gasteiger partial charge in [0.25, 0.3) is 5.97 Å². The number of anilines is 3. The van der Waals surface area contributed by atoms with Gasteiger partial charge >= 0.3 is 64.4 Å². The van der Waals surface area contributed by atoms with Crippen molar-refractivity contribution in [3.8, 4) is 0 Å². The zero-order valence-electron chi connectivity index (χ0n) is 58.0. The van der Waals surface area contributed by atoms with E-state index < -0.39 is 29.9 Å². The van der Waals surface area contributed by atoms with Crippen molar-refractivity contribution in [1.29, 1.82) is 0 Å². The van der Waals surface area contributed by atoms with Gasteiger partial charge in [-0.15, -0.1) is 61.2 Å². The number of carbonyl (C=O) groups excluding carboxylic acids is 3. The van der Waals surface area contributed by atoms with Gasteiger partial charge in [0.15, 0.2) is 29.1 Å². The van der Waals surface area contributed by atoms with Gasteiger partial charge in [0, 0.05) is 51.3 Å². The molecular formula is C63H84BrI2N21O12SZn. The van der Waals surface area contributed by atoms with Crippen molar-refractivity contribution in [3.63, 3.8) is 0 Å². The number of nitrogens with zero attached hydrogens (tertiary/aromatic N) is 17. The van der Waals surface area contributed by atoms with Crippen molar-refractivity contribution < 1.29 is 73.1 Å². The number of aromatic nitrogens is 17. The zero-order chi connectivity index (χ0) is 76.6. The average Bonchev–Trinajstić information content (AvgIpc) is 0.902. The summed E-state index contributed by atoms with van der Waals surface area (Å²) in [5.41, 5.74) is 26.7. The number of carboxylic acid groups (broad SMARTS) is 3. The summed E-state index contributed by atoms with van der Waals surface area (Å²) in [6, 6.07) is 17.0. The van der Waals surface area contributed by atoms with Crippen molar-refractivity contribution in [2.24, 2.45) is 35.3 Å². The van der Waals surface area contributed by atoms with Crippen LogP contribution < -0.4 is 22.9 Å². The van der Waals surface area contributed by atoms with Gasteiger partial charge in [0.1, 0.15) is 23.5 Å². The van der Waals surface area contributed by atoms with E-state index in [-0.39, 0.29) is 48.0 Å². The molecule has 8 heterocycles. The topological polar surface area (TPSA) is 514 Å². The number of thioether (sulfide) groups is 1. The van der Waals surface area contributed by atoms with Crippen LogP contribution in [0.15, 0.2) is 101 Å². The molecule has 38 heteroatoms. The molecule has 6 atom stereocenters. The number of pyridine rings is 5. The molecule has 11 N–H and O–H groups in total. The van der Waals surface area contributed by atoms with Crippen LogP contribution in [0, 0.1) is 57.3 Å². The third-order valence-electron chi connectivity index (χ3n) is 12.2. The molecule has 0 saturated heterocycles. The van der Waals surface area contributed by atoms with Crippen LogP contribution in [0.3, 0.4) is 0 Å². The maximum absolute atomic E-state index is 11.1. The van der Waals surface area contributed by atoms with Gasteiger partial charge < -0.3 is 59.4 Å². The number of halogens is 3. The number of carboxylic acids is 3. The normalized spacial score (nSPS) is 11.6. The van der Waals surface area contributed by atoms with Crippen molar-refractivity contribution >= 4 is 123 Å². The standard InChI is InChI=1S/C13H15N5O2.C12H14N6O2.C10H14N2O2.C9H12N2O2.C5H5BrN2.C5H9IO2.C5H9O2.C4H6N4S.HI.Zn/c1-8(13(19)20)5-10-3-4-11(14-7-10)6-12-17-15-9(2)16-18-12;1-7-15-17-11(18-16-7)5-9-3-2-8(6-14-9)4-10(13)12(19)20;1-7(10(13)14-2)5-8-3-4-9(11)12-6-8;1-6(9(12)13)4-7-2-3-8(10)11-5-7;6-4-1-2-5(7)8-3-4;1-4(3-6)5(7)8-2;1-4(2)5(6)7-3;1-3-5-7-4(9-2)8-6-3;;/h3-4,7-8H,5-6H2,1-2H3,(H,19,20);2-3,6,10H,4-5,13H2,1H3,(H,19,20);3-4,6-7H,5H2,1-2H3,(H2,11,12);2-3,5-6H,4H2,1H3,(H2,10,11)(H,12,13);1-3H,(H2,7,8);4H,3H2,1-2H3;4H,1H2,2-3H3;1-2H3;1H;/q;;;;;;-1;;;+2/p-1/t8-;10-;7-;6-;;2*4-;;;/m0000.01.../s1. The van der Waals surface area contributed by atoms with Crippen LogP contribution in [-0.2, 0) is 96.3 Å². The predicted molar refractivity (Wildman–Crippen MR) is 392 cm³/mol. The van der Waals surface area contributed by atoms with Crippen LogP contribution in [0.2, 0.25) is 0 Å². The van der Waals surface area contributed by atoms with Crippen molar-refractivity contribution in [2.75, 3.05) is 49.2 Å². The molecule has 8 aromatic rings. The van der Waals surface area contributed by atoms with Gasteiger partial charge in [0.05, 0.1) is 57.8 Å². The van der Waals surface area contributed by atoms with Gasteiger partial charge in [0.2, 0.25) is 5.16 Å². The van der Waals surface area contributed by atoms with E-state index >= 15 is 0 Å². The Kier molecular flexibility index (Phi) is 49.1. The molecule has 0 bridgehead atoms. The SMILES string of the molecule is COC(=O)[C@@H](C)CI.COC(=O)[C@@H](C)Cc1ccc(N)nc1.CSc1nnc(C)nn1.C[C@@H](Cc1ccc(N)nc1)C(=O)O.Cc1nnc(Cc2ccc(C[C@H](C)C(=O)O)cn2)nn1.Cc1nnc(Cc2ccc(C[C@H](N)C(=O)O)cn2)nn1.Nc1ccc(Br)cn1.[CH2-][C@H](C)C(=O)OC.[Zn+][I]. The number of nitrogen functional groups attached to an aromatic ring is 3. The number of aryl methyl sites for hydroxylation is 3. The van der Waals surface area contributed by atoms with Gasteiger partial charge in [-0.25, -0.2) is 15.0 Å². The Hall–Kier alpha value is -8.34. The molecule has 0 radical (unpaired) electrons. The van der Waals surface area contributed by atoms with Crippen LogP contribution in [0.4, 0.5) is 17.5 Å². The summed E-state index contributed by atoms with van der Waals surface area (Å²) < 4.78 is 15.2. The fourth-order valence-corrected chi connectivity index (χ4v) is 7.44. The first-order chi connectivity index (χ1) is 47.8. The molecule has 0 aliphatic carbocycles. The molecule has 0 aromatic carbocycles. The summed E-state index contributed by atoms with van der Waals surface area (Å²) >= 11 is 10.4. The van der Waals surface area contributed by atoms with E-state index in [0.29, 0.717) is 83.8 Å². The Bertz CT molecular complexity index is 3510. The molecule has 8 rings (SSSR count). The molecule has 0 saturated carbocycles. The van der Waals surface area contributed by atoms with E-state index in [1.807, 2.05) is 44.4 Å². The first-order valence-electron chi connectivity index (χ1n) is 30.0. The van der Waals surface area contributed by atoms with Gasteiger partial charge in [-0.3, -0.25) is 38.7 Å². The van der Waals surface area contributed by atoms with E-state index in [2.05, 4.69) is 166 Å². The molecule has 542 valence electrons. The molecule has 0 fully saturated rings. The Morgan fingerprint density at radius 1 is 0.485 bits per heavy atom. The first kappa shape index (κ1) is 92.7. The molecule has 8 aromatic heterocycles. The van der Waals surface area contributed by atoms with Crippen LogP contribution in [-0.4, -0.2) is 175 Å². The number of carbonyl (C=O) groups is 6. The number of methoxy groups -OCH3 is 3. The average molecular weight is 1760 g/mol. The van der Waals surface area contributed by atoms with Crippen molar-refractivity contribution in [1.82, 2.24) is 86.1 Å². The number of hydrogen-bond acceptors (Lipinski definition) is 31. The number of hydrogen-bond donors (Lipinski definition) is 7. The fraction of sp³-hybridized carbons (Fsp3) is 0.397. The number of alkyl halides is 1. The summed E-state index contributed by atoms with van der Waals surface area (Å²) in [5.74, 6) is -0.256. The second kappa shape index (κ2) is 53.5. The Morgan fingerprint density at radius 3 is 1.07 bits per heavy atom. The summed E-state index contributed by atoms with van der Waals surface area (Å²) in [6.07, 6.45) is 12.8. The molecule has 0 aliphatic rings. The Balaban J connectivity index is 0.00000116. The number of esters is 3. The quantitative estimate of drug-likeness (QED) is 0.00789. The van der Waals surface area contributed by atoms with Gasteiger partial charge in [-0.1, -0.05) is 99.2 Å². The molecule has 0 unspecified atom stereocenters. The molecule has 0 aliphatic heterocycles. The first-order valence-corrected chi connectivity index (χ1v) is 42.5. The summed E-state index contributed by atoms with van der Waals surface area (Å²) in [6.45, 7) is 17.3. The van der Waals surface area contributed by atoms with Gasteiger partial charge in [-0.2, -0.15) is 0 Å². The molecule has 33 nitrogen and oxygen atoms in total. The number of rotatable bonds is 20. The number of ether oxygens (including phenoxy) is 3. The van der Waals surface area contributed by atoms with Crippen molar-refractivity contribution in [2.45, 2.75) is 105 Å². The third-order valence-corrected chi connectivity index (χ3v) is 14.5. The van der Waals surface area contributed by atoms with Crippen molar-refractivity contribution in [3.05, 3.63) is 166 Å². The third kappa shape index (κ3) is 43.8. The predicted octanol–water partition coefficient (Wildman–Crippen LogP) is 6.75. The zero-order valence-corrected chi connectivity index (χ0v) is 67.6. The van der Waals surface area contributed by atoms with E-state index in [1.165, 1.54) is 47.9 Å². The molecule has 0 amide bonds. The van der Waals surface area contributed by atoms with Crippen LogP contribution in [0.1, 0.15) is 97.4 Å². The van der Waals surface area contributed by atoms with E-state index in [4.69, 9.17) is 38.3 Å². The van der Waals surface area contributed by atoms with Crippen LogP contribution in [0.25, 0.3) is 0 Å². The second-order valence-electron chi connectivity index (χ2n) is 21.1. The molecule has 0 spiro atoms. The summed E-state index contributed by atoms with van der Waals surface area (Å²) in [4.78, 5) is 84.0. The van der Waals surface area contributed by atoms with E-state index in [1.54, 1.807) is 109 Å². The Morgan fingerprint density at radius 2 is 0.812 bits per heavy atom. The molecule has 101 heavy (non-hydrogen) atoms. The number of nitrogens with two attached hydrogens (primary N) is 4. The monoisotopic (exact) mass is 1760 g/mol. The van der Waals surface area contributed by atoms with E-state index in [9.17, 15) is 28.8 Å². The van der Waals surface area contributed by atoms with Crippen LogP contribution in [0.5, 0.6) is 0 Å². The molecular weight excluding hydrogens is 1670 g/mol. The summed E-state index contributed by atoms with van der Waals surface area (Å²) in [7, 11) is 4.15. The maximum atomic E-state index is 11.1. The Labute approximate surface area is 633 Å². The summed E-state index contributed by atoms with van der Waals surface area (Å²) in [5, 5.41) is 72.7. The fourth-order valence-electron chi connectivity index (χ4n) is 6.61. The second-order valence-corrected chi connectivity index (χ2v) is 23.7.